The van der Waals surface area contributed by atoms with Crippen LogP contribution >= 0.6 is 0 Å². The molecule has 4 rings (SSSR count). The maximum Gasteiger partial charge on any atom is 0.325 e. The second-order valence-electron chi connectivity index (χ2n) is 6.97. The Hall–Kier alpha value is -2.93. The number of hydrogen-bond donors (Lipinski definition) is 1. The highest BCUT2D eigenvalue weighted by Gasteiger charge is 2.50. The van der Waals surface area contributed by atoms with Crippen LogP contribution in [0.2, 0.25) is 0 Å². The Morgan fingerprint density at radius 1 is 1.11 bits per heavy atom. The minimum Gasteiger partial charge on any atom is -0.378 e. The Morgan fingerprint density at radius 3 is 2.59 bits per heavy atom. The molecular weight excluding hydrogens is 346 g/mol. The zero-order valence-corrected chi connectivity index (χ0v) is 15.1. The Balaban J connectivity index is 1.62. The van der Waals surface area contributed by atoms with Gasteiger partial charge < -0.3 is 15.0 Å². The van der Waals surface area contributed by atoms with Gasteiger partial charge in [0.15, 0.2) is 0 Å². The molecule has 2 fully saturated rings. The second-order valence-corrected chi connectivity index (χ2v) is 6.97. The van der Waals surface area contributed by atoms with Crippen molar-refractivity contribution in [3.8, 4) is 0 Å². The number of nitrogens with one attached hydrogen (secondary N) is 1. The summed E-state index contributed by atoms with van der Waals surface area (Å²) in [6, 6.07) is 12.8. The molecule has 7 heteroatoms. The number of fused-ring (bicyclic) bond motifs is 1. The van der Waals surface area contributed by atoms with Crippen molar-refractivity contribution >= 4 is 28.6 Å². The van der Waals surface area contributed by atoms with Gasteiger partial charge in [0.2, 0.25) is 5.91 Å². The molecule has 0 spiro atoms. The van der Waals surface area contributed by atoms with Gasteiger partial charge in [-0.05, 0) is 23.3 Å². The normalized spacial score (nSPS) is 23.0. The van der Waals surface area contributed by atoms with Crippen molar-refractivity contribution in [1.29, 1.82) is 0 Å². The molecule has 4 amide bonds. The van der Waals surface area contributed by atoms with E-state index in [0.29, 0.717) is 26.3 Å². The summed E-state index contributed by atoms with van der Waals surface area (Å²) in [5.41, 5.74) is -0.483. The first-order valence-corrected chi connectivity index (χ1v) is 8.98. The van der Waals surface area contributed by atoms with Crippen molar-refractivity contribution in [1.82, 2.24) is 15.1 Å². The second kappa shape index (κ2) is 6.66. The number of amides is 4. The van der Waals surface area contributed by atoms with E-state index in [4.69, 9.17) is 4.74 Å². The van der Waals surface area contributed by atoms with Crippen molar-refractivity contribution in [2.75, 3.05) is 32.8 Å². The molecule has 2 aliphatic rings. The van der Waals surface area contributed by atoms with E-state index in [-0.39, 0.29) is 12.5 Å². The molecule has 0 aliphatic carbocycles. The predicted octanol–water partition coefficient (Wildman–Crippen LogP) is 1.47. The average Bonchev–Trinajstić information content (AvgIpc) is 2.92. The molecule has 7 nitrogen and oxygen atoms in total. The van der Waals surface area contributed by atoms with Gasteiger partial charge in [0.25, 0.3) is 5.91 Å². The molecule has 1 atom stereocenters. The van der Waals surface area contributed by atoms with Crippen LogP contribution in [-0.4, -0.2) is 60.5 Å². The zero-order valence-electron chi connectivity index (χ0n) is 15.1. The number of morpholine rings is 1. The highest BCUT2D eigenvalue weighted by molar-refractivity contribution is 6.10. The van der Waals surface area contributed by atoms with Crippen LogP contribution < -0.4 is 5.32 Å². The predicted molar refractivity (Wildman–Crippen MR) is 98.9 cm³/mol. The fourth-order valence-corrected chi connectivity index (χ4v) is 3.73. The zero-order chi connectivity index (χ0) is 19.0. The summed E-state index contributed by atoms with van der Waals surface area (Å²) in [5.74, 6) is -0.658. The third-order valence-electron chi connectivity index (χ3n) is 5.26. The van der Waals surface area contributed by atoms with E-state index in [1.54, 1.807) is 11.8 Å². The van der Waals surface area contributed by atoms with E-state index in [1.165, 1.54) is 0 Å². The number of benzene rings is 2. The molecule has 1 N–H and O–H groups in total. The van der Waals surface area contributed by atoms with Crippen molar-refractivity contribution < 1.29 is 19.1 Å². The van der Waals surface area contributed by atoms with Crippen molar-refractivity contribution in [2.45, 2.75) is 12.5 Å². The van der Waals surface area contributed by atoms with E-state index in [2.05, 4.69) is 5.32 Å². The Kier molecular flexibility index (Phi) is 4.31. The van der Waals surface area contributed by atoms with Crippen LogP contribution in [-0.2, 0) is 19.9 Å². The Labute approximate surface area is 156 Å². The first-order chi connectivity index (χ1) is 13.0. The summed E-state index contributed by atoms with van der Waals surface area (Å²) in [6.07, 6.45) is 0. The monoisotopic (exact) mass is 367 g/mol. The average molecular weight is 367 g/mol. The molecule has 2 aromatic carbocycles. The summed E-state index contributed by atoms with van der Waals surface area (Å²) in [4.78, 5) is 40.8. The number of carbonyl (C=O) groups is 3. The number of urea groups is 1. The number of ether oxygens (including phenoxy) is 1. The Bertz CT molecular complexity index is 917. The van der Waals surface area contributed by atoms with Gasteiger partial charge in [-0.15, -0.1) is 0 Å². The first-order valence-electron chi connectivity index (χ1n) is 8.98. The van der Waals surface area contributed by atoms with E-state index >= 15 is 0 Å². The van der Waals surface area contributed by atoms with Crippen LogP contribution in [0.5, 0.6) is 0 Å². The molecule has 2 aliphatic heterocycles. The van der Waals surface area contributed by atoms with E-state index in [0.717, 1.165) is 21.2 Å². The highest BCUT2D eigenvalue weighted by Crippen LogP contribution is 2.33. The third kappa shape index (κ3) is 2.94. The van der Waals surface area contributed by atoms with Crippen molar-refractivity contribution in [2.24, 2.45) is 0 Å². The smallest absolute Gasteiger partial charge is 0.325 e. The molecule has 27 heavy (non-hydrogen) atoms. The molecule has 2 aromatic rings. The SMILES string of the molecule is C[C@]1(c2cccc3ccccc23)NC(=O)N(CC(=O)N2CCOCC2)C1=O. The summed E-state index contributed by atoms with van der Waals surface area (Å²) >= 11 is 0. The molecule has 0 aromatic heterocycles. The number of nitrogens with zero attached hydrogens (tertiary/aromatic N) is 2. The molecule has 2 saturated heterocycles. The van der Waals surface area contributed by atoms with Crippen LogP contribution in [0.15, 0.2) is 42.5 Å². The van der Waals surface area contributed by atoms with E-state index < -0.39 is 17.5 Å². The number of rotatable bonds is 3. The molecule has 0 bridgehead atoms. The van der Waals surface area contributed by atoms with Crippen molar-refractivity contribution in [3.63, 3.8) is 0 Å². The van der Waals surface area contributed by atoms with Gasteiger partial charge in [-0.2, -0.15) is 0 Å². The topological polar surface area (TPSA) is 79.0 Å². The maximum absolute atomic E-state index is 13.1. The van der Waals surface area contributed by atoms with Crippen LogP contribution in [0.25, 0.3) is 10.8 Å². The number of carbonyl (C=O) groups excluding carboxylic acids is 3. The third-order valence-corrected chi connectivity index (χ3v) is 5.26. The van der Waals surface area contributed by atoms with Gasteiger partial charge in [0.05, 0.1) is 13.2 Å². The number of hydrogen-bond acceptors (Lipinski definition) is 4. The van der Waals surface area contributed by atoms with Gasteiger partial charge >= 0.3 is 6.03 Å². The first kappa shape index (κ1) is 17.5. The molecular formula is C20H21N3O4. The van der Waals surface area contributed by atoms with Gasteiger partial charge in [0.1, 0.15) is 12.1 Å². The lowest BCUT2D eigenvalue weighted by Crippen LogP contribution is -2.47. The van der Waals surface area contributed by atoms with Crippen LogP contribution in [0.1, 0.15) is 12.5 Å². The van der Waals surface area contributed by atoms with Crippen LogP contribution in [0, 0.1) is 0 Å². The quantitative estimate of drug-likeness (QED) is 0.833. The van der Waals surface area contributed by atoms with Crippen LogP contribution in [0.3, 0.4) is 0 Å². The van der Waals surface area contributed by atoms with Gasteiger partial charge in [0, 0.05) is 13.1 Å². The molecule has 140 valence electrons. The van der Waals surface area contributed by atoms with Crippen LogP contribution in [0.4, 0.5) is 4.79 Å². The summed E-state index contributed by atoms with van der Waals surface area (Å²) in [7, 11) is 0. The lowest BCUT2D eigenvalue weighted by atomic mass is 9.88. The number of imide groups is 1. The fourth-order valence-electron chi connectivity index (χ4n) is 3.73. The highest BCUT2D eigenvalue weighted by atomic mass is 16.5. The summed E-state index contributed by atoms with van der Waals surface area (Å²) < 4.78 is 5.24. The van der Waals surface area contributed by atoms with E-state index in [1.807, 2.05) is 42.5 Å². The van der Waals surface area contributed by atoms with Gasteiger partial charge in [-0.25, -0.2) is 4.79 Å². The standard InChI is InChI=1S/C20H21N3O4/c1-20(16-8-4-6-14-5-2-3-7-15(14)16)18(25)23(19(26)21-20)13-17(24)22-9-11-27-12-10-22/h2-8H,9-13H2,1H3,(H,21,26)/t20-/m1/s1. The molecule has 2 heterocycles. The minimum atomic E-state index is -1.21. The maximum atomic E-state index is 13.1. The van der Waals surface area contributed by atoms with Gasteiger partial charge in [-0.1, -0.05) is 42.5 Å². The lowest BCUT2D eigenvalue weighted by Gasteiger charge is -2.28. The summed E-state index contributed by atoms with van der Waals surface area (Å²) in [6.45, 7) is 3.32. The lowest BCUT2D eigenvalue weighted by molar-refractivity contribution is -0.141. The minimum absolute atomic E-state index is 0.246. The fraction of sp³-hybridized carbons (Fsp3) is 0.350. The van der Waals surface area contributed by atoms with Gasteiger partial charge in [-0.3, -0.25) is 14.5 Å². The molecule has 0 unspecified atom stereocenters. The molecule has 0 saturated carbocycles. The van der Waals surface area contributed by atoms with E-state index in [9.17, 15) is 14.4 Å². The molecule has 0 radical (unpaired) electrons. The largest absolute Gasteiger partial charge is 0.378 e. The summed E-state index contributed by atoms with van der Waals surface area (Å²) in [5, 5.41) is 4.68. The Morgan fingerprint density at radius 2 is 1.81 bits per heavy atom. The van der Waals surface area contributed by atoms with Crippen molar-refractivity contribution in [3.05, 3.63) is 48.0 Å².